The van der Waals surface area contributed by atoms with Gasteiger partial charge in [-0.15, -0.1) is 0 Å². The number of carboxylic acids is 1. The Labute approximate surface area is 125 Å². The van der Waals surface area contributed by atoms with Crippen LogP contribution in [0.25, 0.3) is 0 Å². The maximum atomic E-state index is 13.9. The second-order valence-corrected chi connectivity index (χ2v) is 5.14. The minimum absolute atomic E-state index is 0.187. The molecule has 5 nitrogen and oxygen atoms in total. The van der Waals surface area contributed by atoms with Crippen molar-refractivity contribution in [1.82, 2.24) is 9.97 Å². The number of rotatable bonds is 10. The number of aryl methyl sites for hydroxylation is 1. The van der Waals surface area contributed by atoms with Gasteiger partial charge in [0.2, 0.25) is 0 Å². The van der Waals surface area contributed by atoms with Crippen molar-refractivity contribution in [3.8, 4) is 0 Å². The third kappa shape index (κ3) is 6.06. The summed E-state index contributed by atoms with van der Waals surface area (Å²) < 4.78 is 13.9. The van der Waals surface area contributed by atoms with Crippen molar-refractivity contribution in [1.29, 1.82) is 0 Å². The van der Waals surface area contributed by atoms with E-state index in [1.807, 2.05) is 6.92 Å². The van der Waals surface area contributed by atoms with Crippen LogP contribution in [0.5, 0.6) is 0 Å². The van der Waals surface area contributed by atoms with Gasteiger partial charge in [0.05, 0.1) is 5.69 Å². The van der Waals surface area contributed by atoms with Gasteiger partial charge in [0, 0.05) is 13.0 Å². The second-order valence-electron chi connectivity index (χ2n) is 5.14. The summed E-state index contributed by atoms with van der Waals surface area (Å²) in [5.74, 6) is -0.583. The molecule has 0 aliphatic carbocycles. The molecule has 0 aliphatic rings. The first-order valence-electron chi connectivity index (χ1n) is 7.53. The van der Waals surface area contributed by atoms with Crippen molar-refractivity contribution < 1.29 is 14.3 Å². The Kier molecular flexibility index (Phi) is 7.64. The number of carboxylic acid groups (broad SMARTS) is 1. The number of hydrogen-bond acceptors (Lipinski definition) is 4. The summed E-state index contributed by atoms with van der Waals surface area (Å²) in [7, 11) is 0. The minimum atomic E-state index is -0.765. The Balaban J connectivity index is 2.48. The Hall–Kier alpha value is -1.72. The Morgan fingerprint density at radius 3 is 2.71 bits per heavy atom. The molecule has 1 unspecified atom stereocenters. The van der Waals surface area contributed by atoms with Crippen LogP contribution in [0.2, 0.25) is 0 Å². The van der Waals surface area contributed by atoms with Gasteiger partial charge in [-0.05, 0) is 25.2 Å². The highest BCUT2D eigenvalue weighted by Crippen LogP contribution is 2.19. The van der Waals surface area contributed by atoms with Crippen molar-refractivity contribution in [2.75, 3.05) is 11.9 Å². The molecule has 0 aliphatic heterocycles. The first-order valence-corrected chi connectivity index (χ1v) is 7.53. The molecular formula is C15H24FN3O2. The van der Waals surface area contributed by atoms with Gasteiger partial charge in [-0.3, -0.25) is 4.79 Å². The van der Waals surface area contributed by atoms with E-state index in [-0.39, 0.29) is 12.2 Å². The van der Waals surface area contributed by atoms with Gasteiger partial charge in [0.25, 0.3) is 0 Å². The fourth-order valence-corrected chi connectivity index (χ4v) is 2.34. The van der Waals surface area contributed by atoms with Gasteiger partial charge >= 0.3 is 5.97 Å². The summed E-state index contributed by atoms with van der Waals surface area (Å²) in [6, 6.07) is 0. The molecule has 118 valence electrons. The summed E-state index contributed by atoms with van der Waals surface area (Å²) in [4.78, 5) is 18.4. The highest BCUT2D eigenvalue weighted by Gasteiger charge is 2.12. The van der Waals surface area contributed by atoms with Crippen LogP contribution < -0.4 is 5.32 Å². The van der Waals surface area contributed by atoms with Crippen LogP contribution in [-0.2, 0) is 11.2 Å². The predicted molar refractivity (Wildman–Crippen MR) is 79.7 cm³/mol. The molecule has 0 amide bonds. The van der Waals surface area contributed by atoms with Gasteiger partial charge in [-0.25, -0.2) is 14.4 Å². The molecule has 0 saturated carbocycles. The lowest BCUT2D eigenvalue weighted by atomic mass is 9.94. The Morgan fingerprint density at radius 2 is 2.10 bits per heavy atom. The molecule has 1 heterocycles. The number of nitrogens with one attached hydrogen (secondary N) is 1. The van der Waals surface area contributed by atoms with Crippen molar-refractivity contribution in [2.24, 2.45) is 5.92 Å². The lowest BCUT2D eigenvalue weighted by Crippen LogP contribution is -2.13. The molecule has 0 saturated heterocycles. The molecule has 0 radical (unpaired) electrons. The zero-order valence-corrected chi connectivity index (χ0v) is 12.7. The largest absolute Gasteiger partial charge is 0.481 e. The molecule has 2 N–H and O–H groups in total. The highest BCUT2D eigenvalue weighted by molar-refractivity contribution is 5.66. The zero-order chi connectivity index (χ0) is 15.7. The summed E-state index contributed by atoms with van der Waals surface area (Å²) in [5, 5.41) is 11.7. The van der Waals surface area contributed by atoms with Gasteiger partial charge < -0.3 is 10.4 Å². The van der Waals surface area contributed by atoms with E-state index in [1.165, 1.54) is 6.33 Å². The van der Waals surface area contributed by atoms with E-state index in [9.17, 15) is 9.18 Å². The van der Waals surface area contributed by atoms with Gasteiger partial charge in [-0.2, -0.15) is 0 Å². The van der Waals surface area contributed by atoms with Crippen LogP contribution in [0.1, 0.15) is 51.6 Å². The number of halogens is 1. The topological polar surface area (TPSA) is 75.1 Å². The minimum Gasteiger partial charge on any atom is -0.481 e. The average Bonchev–Trinajstić information content (AvgIpc) is 2.46. The Morgan fingerprint density at radius 1 is 1.33 bits per heavy atom. The average molecular weight is 297 g/mol. The maximum Gasteiger partial charge on any atom is 0.303 e. The van der Waals surface area contributed by atoms with Gasteiger partial charge in [0.1, 0.15) is 6.33 Å². The standard InChI is InChI=1S/C15H24FN3O2/c1-3-5-11(6-7-13(20)21)8-9-17-15-14(16)12(4-2)18-10-19-15/h10-11H,3-9H2,1-2H3,(H,20,21)(H,17,18,19). The van der Waals surface area contributed by atoms with E-state index in [0.29, 0.717) is 31.0 Å². The van der Waals surface area contributed by atoms with Gasteiger partial charge in [0.15, 0.2) is 11.6 Å². The summed E-state index contributed by atoms with van der Waals surface area (Å²) in [6.45, 7) is 4.51. The second kappa shape index (κ2) is 9.26. The molecule has 21 heavy (non-hydrogen) atoms. The number of aromatic nitrogens is 2. The van der Waals surface area contributed by atoms with E-state index in [2.05, 4.69) is 22.2 Å². The molecule has 1 aromatic heterocycles. The molecule has 0 bridgehead atoms. The highest BCUT2D eigenvalue weighted by atomic mass is 19.1. The number of anilines is 1. The quantitative estimate of drug-likeness (QED) is 0.693. The van der Waals surface area contributed by atoms with Crippen molar-refractivity contribution in [3.05, 3.63) is 17.8 Å². The first-order chi connectivity index (χ1) is 10.1. The van der Waals surface area contributed by atoms with Crippen molar-refractivity contribution in [3.63, 3.8) is 0 Å². The summed E-state index contributed by atoms with van der Waals surface area (Å²) in [5.41, 5.74) is 0.406. The fraction of sp³-hybridized carbons (Fsp3) is 0.667. The maximum absolute atomic E-state index is 13.9. The van der Waals surface area contributed by atoms with Crippen LogP contribution in [0.3, 0.4) is 0 Å². The third-order valence-electron chi connectivity index (χ3n) is 3.50. The monoisotopic (exact) mass is 297 g/mol. The van der Waals surface area contributed by atoms with E-state index in [4.69, 9.17) is 5.11 Å². The molecule has 0 fully saturated rings. The predicted octanol–water partition coefficient (Wildman–Crippen LogP) is 3.26. The summed E-state index contributed by atoms with van der Waals surface area (Å²) >= 11 is 0. The Bertz CT molecular complexity index is 455. The normalized spacial score (nSPS) is 12.1. The van der Waals surface area contributed by atoms with Crippen LogP contribution in [0.15, 0.2) is 6.33 Å². The zero-order valence-electron chi connectivity index (χ0n) is 12.7. The number of carbonyl (C=O) groups is 1. The molecular weight excluding hydrogens is 273 g/mol. The number of hydrogen-bond donors (Lipinski definition) is 2. The van der Waals surface area contributed by atoms with E-state index in [0.717, 1.165) is 19.3 Å². The van der Waals surface area contributed by atoms with Gasteiger partial charge in [-0.1, -0.05) is 26.7 Å². The van der Waals surface area contributed by atoms with E-state index < -0.39 is 11.8 Å². The van der Waals surface area contributed by atoms with Crippen LogP contribution in [-0.4, -0.2) is 27.6 Å². The molecule has 6 heteroatoms. The fourth-order valence-electron chi connectivity index (χ4n) is 2.34. The van der Waals surface area contributed by atoms with Crippen LogP contribution >= 0.6 is 0 Å². The van der Waals surface area contributed by atoms with Crippen molar-refractivity contribution >= 4 is 11.8 Å². The molecule has 1 atom stereocenters. The molecule has 0 aromatic carbocycles. The number of aliphatic carboxylic acids is 1. The number of nitrogens with zero attached hydrogens (tertiary/aromatic N) is 2. The molecule has 1 rings (SSSR count). The van der Waals surface area contributed by atoms with Crippen LogP contribution in [0.4, 0.5) is 10.2 Å². The third-order valence-corrected chi connectivity index (χ3v) is 3.50. The SMILES string of the molecule is CCCC(CCNc1ncnc(CC)c1F)CCC(=O)O. The molecule has 0 spiro atoms. The lowest BCUT2D eigenvalue weighted by Gasteiger charge is -2.16. The van der Waals surface area contributed by atoms with E-state index >= 15 is 0 Å². The summed E-state index contributed by atoms with van der Waals surface area (Å²) in [6.07, 6.45) is 5.56. The van der Waals surface area contributed by atoms with E-state index in [1.54, 1.807) is 0 Å². The van der Waals surface area contributed by atoms with Crippen molar-refractivity contribution in [2.45, 2.75) is 52.4 Å². The molecule has 1 aromatic rings. The lowest BCUT2D eigenvalue weighted by molar-refractivity contribution is -0.137. The van der Waals surface area contributed by atoms with Crippen LogP contribution in [0, 0.1) is 11.7 Å². The first kappa shape index (κ1) is 17.3. The smallest absolute Gasteiger partial charge is 0.303 e.